The highest BCUT2D eigenvalue weighted by atomic mass is 16.3. The van der Waals surface area contributed by atoms with Gasteiger partial charge in [-0.25, -0.2) is 4.68 Å². The molecular weight excluding hydrogens is 216 g/mol. The van der Waals surface area contributed by atoms with Crippen LogP contribution in [0.2, 0.25) is 0 Å². The van der Waals surface area contributed by atoms with Crippen LogP contribution < -0.4 is 5.32 Å². The zero-order valence-corrected chi connectivity index (χ0v) is 10.3. The molecule has 0 radical (unpaired) electrons. The van der Waals surface area contributed by atoms with Crippen molar-refractivity contribution in [2.24, 2.45) is 5.92 Å². The Balaban J connectivity index is 1.60. The third-order valence-corrected chi connectivity index (χ3v) is 3.43. The van der Waals surface area contributed by atoms with Gasteiger partial charge in [-0.3, -0.25) is 0 Å². The molecule has 2 N–H and O–H groups in total. The minimum absolute atomic E-state index is 0.109. The number of rotatable bonds is 7. The molecule has 5 nitrogen and oxygen atoms in total. The van der Waals surface area contributed by atoms with Crippen LogP contribution in [0.15, 0.2) is 6.20 Å². The predicted octanol–water partition coefficient (Wildman–Crippen LogP) is 0.940. The van der Waals surface area contributed by atoms with Crippen LogP contribution in [0.4, 0.5) is 0 Å². The summed E-state index contributed by atoms with van der Waals surface area (Å²) in [6, 6.07) is 0. The number of nitrogens with zero attached hydrogens (tertiary/aromatic N) is 3. The van der Waals surface area contributed by atoms with Gasteiger partial charge in [0.1, 0.15) is 0 Å². The largest absolute Gasteiger partial charge is 0.394 e. The summed E-state index contributed by atoms with van der Waals surface area (Å²) in [5, 5.41) is 20.1. The van der Waals surface area contributed by atoms with Crippen LogP contribution in [0.5, 0.6) is 0 Å². The van der Waals surface area contributed by atoms with E-state index in [2.05, 4.69) is 15.6 Å². The van der Waals surface area contributed by atoms with Crippen LogP contribution in [0.3, 0.4) is 0 Å². The summed E-state index contributed by atoms with van der Waals surface area (Å²) in [6.07, 6.45) is 8.83. The molecule has 0 spiro atoms. The Morgan fingerprint density at radius 2 is 2.24 bits per heavy atom. The van der Waals surface area contributed by atoms with E-state index in [4.69, 9.17) is 5.11 Å². The topological polar surface area (TPSA) is 63.0 Å². The molecule has 1 aromatic heterocycles. The minimum atomic E-state index is 0.109. The summed E-state index contributed by atoms with van der Waals surface area (Å²) in [4.78, 5) is 0. The lowest BCUT2D eigenvalue weighted by Gasteiger charge is -2.08. The minimum Gasteiger partial charge on any atom is -0.394 e. The molecule has 2 rings (SSSR count). The Morgan fingerprint density at radius 1 is 1.41 bits per heavy atom. The van der Waals surface area contributed by atoms with Crippen LogP contribution in [-0.2, 0) is 13.1 Å². The molecule has 0 atom stereocenters. The summed E-state index contributed by atoms with van der Waals surface area (Å²) < 4.78 is 1.67. The molecule has 0 amide bonds. The molecule has 5 heteroatoms. The van der Waals surface area contributed by atoms with E-state index in [1.54, 1.807) is 4.68 Å². The van der Waals surface area contributed by atoms with Crippen molar-refractivity contribution in [1.82, 2.24) is 20.3 Å². The Bertz CT molecular complexity index is 320. The van der Waals surface area contributed by atoms with Crippen LogP contribution in [0.25, 0.3) is 0 Å². The molecule has 1 aromatic rings. The van der Waals surface area contributed by atoms with E-state index in [1.807, 2.05) is 6.20 Å². The Labute approximate surface area is 102 Å². The second-order valence-corrected chi connectivity index (χ2v) is 4.81. The summed E-state index contributed by atoms with van der Waals surface area (Å²) in [6.45, 7) is 2.47. The van der Waals surface area contributed by atoms with E-state index in [-0.39, 0.29) is 6.61 Å². The third kappa shape index (κ3) is 4.09. The Morgan fingerprint density at radius 3 is 3.00 bits per heavy atom. The van der Waals surface area contributed by atoms with E-state index in [1.165, 1.54) is 32.1 Å². The molecule has 0 aliphatic heterocycles. The van der Waals surface area contributed by atoms with Crippen molar-refractivity contribution in [3.05, 3.63) is 11.9 Å². The molecule has 1 fully saturated rings. The molecule has 96 valence electrons. The zero-order valence-electron chi connectivity index (χ0n) is 10.3. The van der Waals surface area contributed by atoms with Gasteiger partial charge in [0.15, 0.2) is 0 Å². The molecular formula is C12H22N4O. The summed E-state index contributed by atoms with van der Waals surface area (Å²) in [5.74, 6) is 0.938. The molecule has 1 heterocycles. The van der Waals surface area contributed by atoms with Crippen LogP contribution in [-0.4, -0.2) is 33.3 Å². The number of hydrogen-bond donors (Lipinski definition) is 2. The van der Waals surface area contributed by atoms with Gasteiger partial charge in [0, 0.05) is 12.7 Å². The highest BCUT2D eigenvalue weighted by molar-refractivity contribution is 4.91. The fourth-order valence-electron chi connectivity index (χ4n) is 2.45. The van der Waals surface area contributed by atoms with Crippen molar-refractivity contribution in [2.45, 2.75) is 45.2 Å². The highest BCUT2D eigenvalue weighted by Gasteiger charge is 2.13. The van der Waals surface area contributed by atoms with Gasteiger partial charge in [-0.05, 0) is 18.9 Å². The lowest BCUT2D eigenvalue weighted by Crippen LogP contribution is -2.17. The molecule has 0 unspecified atom stereocenters. The van der Waals surface area contributed by atoms with Gasteiger partial charge in [-0.1, -0.05) is 30.9 Å². The first-order chi connectivity index (χ1) is 8.38. The molecule has 0 saturated heterocycles. The normalized spacial score (nSPS) is 16.8. The van der Waals surface area contributed by atoms with Gasteiger partial charge in [0.25, 0.3) is 0 Å². The average molecular weight is 238 g/mol. The van der Waals surface area contributed by atoms with E-state index in [0.29, 0.717) is 6.54 Å². The standard InChI is InChI=1S/C12H22N4O/c17-8-7-16-10-12(14-15-16)9-13-6-5-11-3-1-2-4-11/h10-11,13,17H,1-9H2. The fraction of sp³-hybridized carbons (Fsp3) is 0.833. The van der Waals surface area contributed by atoms with Crippen molar-refractivity contribution in [3.8, 4) is 0 Å². The first kappa shape index (κ1) is 12.5. The Kier molecular flexibility index (Phi) is 4.94. The number of hydrogen-bond acceptors (Lipinski definition) is 4. The van der Waals surface area contributed by atoms with Crippen LogP contribution in [0, 0.1) is 5.92 Å². The average Bonchev–Trinajstić information content (AvgIpc) is 2.96. The smallest absolute Gasteiger partial charge is 0.0964 e. The van der Waals surface area contributed by atoms with Crippen molar-refractivity contribution in [1.29, 1.82) is 0 Å². The quantitative estimate of drug-likeness (QED) is 0.694. The SMILES string of the molecule is OCCn1cc(CNCCC2CCCC2)nn1. The first-order valence-electron chi connectivity index (χ1n) is 6.59. The fourth-order valence-corrected chi connectivity index (χ4v) is 2.45. The molecule has 17 heavy (non-hydrogen) atoms. The summed E-state index contributed by atoms with van der Waals surface area (Å²) in [5.41, 5.74) is 0.949. The van der Waals surface area contributed by atoms with E-state index in [9.17, 15) is 0 Å². The molecule has 0 aromatic carbocycles. The van der Waals surface area contributed by atoms with Crippen molar-refractivity contribution < 1.29 is 5.11 Å². The highest BCUT2D eigenvalue weighted by Crippen LogP contribution is 2.26. The molecule has 1 aliphatic rings. The lowest BCUT2D eigenvalue weighted by molar-refractivity contribution is 0.268. The maximum Gasteiger partial charge on any atom is 0.0964 e. The monoisotopic (exact) mass is 238 g/mol. The van der Waals surface area contributed by atoms with Gasteiger partial charge >= 0.3 is 0 Å². The first-order valence-corrected chi connectivity index (χ1v) is 6.59. The van der Waals surface area contributed by atoms with Gasteiger partial charge in [0.2, 0.25) is 0 Å². The van der Waals surface area contributed by atoms with Gasteiger partial charge in [-0.2, -0.15) is 0 Å². The predicted molar refractivity (Wildman–Crippen MR) is 65.4 cm³/mol. The van der Waals surface area contributed by atoms with Gasteiger partial charge < -0.3 is 10.4 Å². The number of aromatic nitrogens is 3. The summed E-state index contributed by atoms with van der Waals surface area (Å²) in [7, 11) is 0. The Hall–Kier alpha value is -0.940. The van der Waals surface area contributed by atoms with Crippen molar-refractivity contribution >= 4 is 0 Å². The van der Waals surface area contributed by atoms with Gasteiger partial charge in [-0.15, -0.1) is 5.10 Å². The number of aliphatic hydroxyl groups excluding tert-OH is 1. The third-order valence-electron chi connectivity index (χ3n) is 3.43. The molecule has 0 bridgehead atoms. The van der Waals surface area contributed by atoms with Gasteiger partial charge in [0.05, 0.1) is 18.8 Å². The number of aliphatic hydroxyl groups is 1. The summed E-state index contributed by atoms with van der Waals surface area (Å²) >= 11 is 0. The van der Waals surface area contributed by atoms with E-state index < -0.39 is 0 Å². The van der Waals surface area contributed by atoms with Crippen LogP contribution in [0.1, 0.15) is 37.8 Å². The lowest BCUT2D eigenvalue weighted by atomic mass is 10.0. The second-order valence-electron chi connectivity index (χ2n) is 4.81. The second kappa shape index (κ2) is 6.71. The molecule has 1 saturated carbocycles. The zero-order chi connectivity index (χ0) is 11.9. The maximum atomic E-state index is 8.76. The van der Waals surface area contributed by atoms with Crippen molar-refractivity contribution in [2.75, 3.05) is 13.2 Å². The number of nitrogens with one attached hydrogen (secondary N) is 1. The van der Waals surface area contributed by atoms with E-state index >= 15 is 0 Å². The van der Waals surface area contributed by atoms with Crippen LogP contribution >= 0.6 is 0 Å². The van der Waals surface area contributed by atoms with Crippen molar-refractivity contribution in [3.63, 3.8) is 0 Å². The maximum absolute atomic E-state index is 8.76. The molecule has 1 aliphatic carbocycles. The van der Waals surface area contributed by atoms with E-state index in [0.717, 1.165) is 24.7 Å².